The molecule has 2 rings (SSSR count). The minimum Gasteiger partial charge on any atom is -0.481 e. The maximum absolute atomic E-state index is 13.2. The molecule has 8 heteroatoms. The van der Waals surface area contributed by atoms with E-state index in [1.54, 1.807) is 6.07 Å². The summed E-state index contributed by atoms with van der Waals surface area (Å²) in [5.41, 5.74) is 0.442. The van der Waals surface area contributed by atoms with Crippen LogP contribution in [0, 0.1) is 5.82 Å². The van der Waals surface area contributed by atoms with Crippen molar-refractivity contribution in [1.82, 2.24) is 14.8 Å². The van der Waals surface area contributed by atoms with E-state index >= 15 is 0 Å². The van der Waals surface area contributed by atoms with Crippen molar-refractivity contribution in [3.63, 3.8) is 0 Å². The van der Waals surface area contributed by atoms with Crippen molar-refractivity contribution in [1.29, 1.82) is 0 Å². The third-order valence-electron chi connectivity index (χ3n) is 1.97. The van der Waals surface area contributed by atoms with Gasteiger partial charge in [-0.3, -0.25) is 9.36 Å². The Bertz CT molecular complexity index is 570. The molecule has 1 N–H and O–H groups in total. The summed E-state index contributed by atoms with van der Waals surface area (Å²) in [5, 5.41) is 16.6. The Balaban J connectivity index is 2.33. The van der Waals surface area contributed by atoms with Crippen LogP contribution in [0.4, 0.5) is 4.39 Å². The number of carboxylic acid groups (broad SMARTS) is 1. The van der Waals surface area contributed by atoms with Gasteiger partial charge in [-0.2, -0.15) is 0 Å². The van der Waals surface area contributed by atoms with Crippen molar-refractivity contribution in [2.45, 2.75) is 5.16 Å². The first-order valence-electron chi connectivity index (χ1n) is 4.77. The van der Waals surface area contributed by atoms with E-state index < -0.39 is 11.8 Å². The van der Waals surface area contributed by atoms with E-state index in [2.05, 4.69) is 10.2 Å². The topological polar surface area (TPSA) is 68.0 Å². The predicted molar refractivity (Wildman–Crippen MR) is 64.7 cm³/mol. The Kier molecular flexibility index (Phi) is 3.83. The molecule has 5 nitrogen and oxygen atoms in total. The molecule has 94 valence electrons. The maximum Gasteiger partial charge on any atom is 0.313 e. The number of hydrogen-bond donors (Lipinski definition) is 1. The average Bonchev–Trinajstić information content (AvgIpc) is 2.72. The van der Waals surface area contributed by atoms with Gasteiger partial charge in [0.1, 0.15) is 12.1 Å². The van der Waals surface area contributed by atoms with Crippen LogP contribution >= 0.6 is 23.4 Å². The molecule has 1 aromatic heterocycles. The highest BCUT2D eigenvalue weighted by molar-refractivity contribution is 7.99. The molecule has 0 atom stereocenters. The van der Waals surface area contributed by atoms with Gasteiger partial charge in [0.15, 0.2) is 5.16 Å². The number of carbonyl (C=O) groups is 1. The second-order valence-corrected chi connectivity index (χ2v) is 4.67. The number of rotatable bonds is 4. The summed E-state index contributed by atoms with van der Waals surface area (Å²) in [6.45, 7) is 0. The quantitative estimate of drug-likeness (QED) is 0.874. The zero-order valence-electron chi connectivity index (χ0n) is 8.88. The van der Waals surface area contributed by atoms with Crippen LogP contribution in [-0.4, -0.2) is 31.6 Å². The fourth-order valence-electron chi connectivity index (χ4n) is 1.30. The second-order valence-electron chi connectivity index (χ2n) is 3.29. The molecule has 1 aromatic carbocycles. The zero-order chi connectivity index (χ0) is 13.1. The van der Waals surface area contributed by atoms with Crippen LogP contribution in [0.25, 0.3) is 5.69 Å². The van der Waals surface area contributed by atoms with Crippen molar-refractivity contribution >= 4 is 29.3 Å². The molecule has 0 saturated carbocycles. The Hall–Kier alpha value is -1.60. The van der Waals surface area contributed by atoms with E-state index in [-0.39, 0.29) is 10.8 Å². The standard InChI is InChI=1S/C10H7ClFN3O2S/c11-6-1-7(12)3-8(2-6)15-5-13-14-10(15)18-4-9(16)17/h1-3,5H,4H2,(H,16,17). The molecule has 0 unspecified atom stereocenters. The largest absolute Gasteiger partial charge is 0.481 e. The van der Waals surface area contributed by atoms with Crippen LogP contribution < -0.4 is 0 Å². The smallest absolute Gasteiger partial charge is 0.313 e. The summed E-state index contributed by atoms with van der Waals surface area (Å²) < 4.78 is 14.7. The lowest BCUT2D eigenvalue weighted by Crippen LogP contribution is -2.01. The summed E-state index contributed by atoms with van der Waals surface area (Å²) in [4.78, 5) is 10.5. The number of carboxylic acids is 1. The zero-order valence-corrected chi connectivity index (χ0v) is 10.5. The third-order valence-corrected chi connectivity index (χ3v) is 3.11. The van der Waals surface area contributed by atoms with Gasteiger partial charge >= 0.3 is 5.97 Å². The van der Waals surface area contributed by atoms with Crippen LogP contribution in [0.1, 0.15) is 0 Å². The Morgan fingerprint density at radius 2 is 2.28 bits per heavy atom. The molecule has 0 amide bonds. The monoisotopic (exact) mass is 287 g/mol. The van der Waals surface area contributed by atoms with Crippen molar-refractivity contribution < 1.29 is 14.3 Å². The SMILES string of the molecule is O=C(O)CSc1nncn1-c1cc(F)cc(Cl)c1. The Morgan fingerprint density at radius 3 is 2.94 bits per heavy atom. The molecule has 18 heavy (non-hydrogen) atoms. The number of halogens is 2. The molecule has 0 radical (unpaired) electrons. The van der Waals surface area contributed by atoms with Gasteiger partial charge < -0.3 is 5.11 Å². The summed E-state index contributed by atoms with van der Waals surface area (Å²) in [5.74, 6) is -1.60. The number of hydrogen-bond acceptors (Lipinski definition) is 4. The molecule has 1 heterocycles. The van der Waals surface area contributed by atoms with Crippen LogP contribution in [0.15, 0.2) is 29.7 Å². The molecule has 2 aromatic rings. The van der Waals surface area contributed by atoms with Crippen LogP contribution in [0.5, 0.6) is 0 Å². The average molecular weight is 288 g/mol. The third kappa shape index (κ3) is 2.99. The van der Waals surface area contributed by atoms with Crippen LogP contribution in [0.3, 0.4) is 0 Å². The highest BCUT2D eigenvalue weighted by Crippen LogP contribution is 2.22. The number of benzene rings is 1. The van der Waals surface area contributed by atoms with Gasteiger partial charge in [0, 0.05) is 5.02 Å². The normalized spacial score (nSPS) is 10.6. The molecule has 0 aliphatic rings. The molecule has 0 aliphatic heterocycles. The first kappa shape index (κ1) is 12.8. The molecule has 0 aliphatic carbocycles. The molecule has 0 bridgehead atoms. The van der Waals surface area contributed by atoms with Crippen molar-refractivity contribution in [3.05, 3.63) is 35.4 Å². The highest BCUT2D eigenvalue weighted by atomic mass is 35.5. The lowest BCUT2D eigenvalue weighted by atomic mass is 10.3. The number of thioether (sulfide) groups is 1. The van der Waals surface area contributed by atoms with E-state index in [9.17, 15) is 9.18 Å². The van der Waals surface area contributed by atoms with Crippen molar-refractivity contribution in [3.8, 4) is 5.69 Å². The van der Waals surface area contributed by atoms with E-state index in [0.717, 1.165) is 11.8 Å². The molecule has 0 spiro atoms. The maximum atomic E-state index is 13.2. The first-order chi connectivity index (χ1) is 8.56. The molecular weight excluding hydrogens is 281 g/mol. The van der Waals surface area contributed by atoms with E-state index in [4.69, 9.17) is 16.7 Å². The molecule has 0 saturated heterocycles. The minimum atomic E-state index is -0.966. The van der Waals surface area contributed by atoms with Gasteiger partial charge in [-0.1, -0.05) is 23.4 Å². The van der Waals surface area contributed by atoms with Crippen LogP contribution in [0.2, 0.25) is 5.02 Å². The van der Waals surface area contributed by atoms with Gasteiger partial charge in [-0.25, -0.2) is 4.39 Å². The van der Waals surface area contributed by atoms with Crippen molar-refractivity contribution in [2.24, 2.45) is 0 Å². The summed E-state index contributed by atoms with van der Waals surface area (Å²) >= 11 is 6.74. The van der Waals surface area contributed by atoms with Gasteiger partial charge in [-0.15, -0.1) is 10.2 Å². The highest BCUT2D eigenvalue weighted by Gasteiger charge is 2.10. The molecular formula is C10H7ClFN3O2S. The van der Waals surface area contributed by atoms with Gasteiger partial charge in [0.25, 0.3) is 0 Å². The number of aromatic nitrogens is 3. The number of aliphatic carboxylic acids is 1. The summed E-state index contributed by atoms with van der Waals surface area (Å²) in [6.07, 6.45) is 1.37. The van der Waals surface area contributed by atoms with Crippen molar-refractivity contribution in [2.75, 3.05) is 5.75 Å². The Labute approximate surface area is 111 Å². The lowest BCUT2D eigenvalue weighted by Gasteiger charge is -2.06. The van der Waals surface area contributed by atoms with E-state index in [0.29, 0.717) is 10.8 Å². The summed E-state index contributed by atoms with van der Waals surface area (Å²) in [7, 11) is 0. The molecule has 0 fully saturated rings. The minimum absolute atomic E-state index is 0.151. The Morgan fingerprint density at radius 1 is 1.50 bits per heavy atom. The van der Waals surface area contributed by atoms with E-state index in [1.165, 1.54) is 23.0 Å². The second kappa shape index (κ2) is 5.36. The van der Waals surface area contributed by atoms with E-state index in [1.807, 2.05) is 0 Å². The van der Waals surface area contributed by atoms with Gasteiger partial charge in [0.2, 0.25) is 0 Å². The number of nitrogens with zero attached hydrogens (tertiary/aromatic N) is 3. The lowest BCUT2D eigenvalue weighted by molar-refractivity contribution is -0.133. The fraction of sp³-hybridized carbons (Fsp3) is 0.100. The fourth-order valence-corrected chi connectivity index (χ4v) is 2.17. The predicted octanol–water partition coefficient (Wildman–Crippen LogP) is 2.24. The van der Waals surface area contributed by atoms with Crippen LogP contribution in [-0.2, 0) is 4.79 Å². The van der Waals surface area contributed by atoms with Gasteiger partial charge in [-0.05, 0) is 18.2 Å². The summed E-state index contributed by atoms with van der Waals surface area (Å²) in [6, 6.07) is 3.98. The van der Waals surface area contributed by atoms with Gasteiger partial charge in [0.05, 0.1) is 11.4 Å². The first-order valence-corrected chi connectivity index (χ1v) is 6.13.